The van der Waals surface area contributed by atoms with Gasteiger partial charge >= 0.3 is 6.18 Å². The smallest absolute Gasteiger partial charge is 0.379 e. The Morgan fingerprint density at radius 2 is 1.86 bits per heavy atom. The molecule has 2 aromatic rings. The Bertz CT molecular complexity index is 658. The van der Waals surface area contributed by atoms with Gasteiger partial charge in [-0.2, -0.15) is 13.2 Å². The summed E-state index contributed by atoms with van der Waals surface area (Å²) in [7, 11) is 0. The Morgan fingerprint density at radius 1 is 1.14 bits per heavy atom. The Kier molecular flexibility index (Phi) is 4.78. The predicted octanol–water partition coefficient (Wildman–Crippen LogP) is 5.87. The van der Waals surface area contributed by atoms with Gasteiger partial charge in [-0.3, -0.25) is 0 Å². The minimum atomic E-state index is -4.52. The molecule has 0 aliphatic carbocycles. The van der Waals surface area contributed by atoms with Crippen LogP contribution in [0.25, 0.3) is 0 Å². The lowest BCUT2D eigenvalue weighted by Crippen LogP contribution is -2.11. The SMILES string of the molecule is Fc1ccc(Br)c(CNc2c(Cl)cccc2C(F)(F)F)c1. The van der Waals surface area contributed by atoms with Crippen LogP contribution in [0.1, 0.15) is 11.1 Å². The predicted molar refractivity (Wildman–Crippen MR) is 77.9 cm³/mol. The first kappa shape index (κ1) is 16.1. The van der Waals surface area contributed by atoms with Crippen molar-refractivity contribution in [2.24, 2.45) is 0 Å². The Labute approximate surface area is 132 Å². The minimum absolute atomic E-state index is 0.00512. The van der Waals surface area contributed by atoms with E-state index < -0.39 is 17.6 Å². The molecule has 0 aromatic heterocycles. The summed E-state index contributed by atoms with van der Waals surface area (Å²) in [5, 5.41) is 2.58. The summed E-state index contributed by atoms with van der Waals surface area (Å²) in [5.41, 5.74) is -0.589. The lowest BCUT2D eigenvalue weighted by atomic mass is 10.1. The van der Waals surface area contributed by atoms with Crippen LogP contribution < -0.4 is 5.32 Å². The zero-order chi connectivity index (χ0) is 15.6. The highest BCUT2D eigenvalue weighted by molar-refractivity contribution is 9.10. The number of nitrogens with one attached hydrogen (secondary N) is 1. The average Bonchev–Trinajstić information content (AvgIpc) is 2.39. The zero-order valence-corrected chi connectivity index (χ0v) is 12.8. The fourth-order valence-corrected chi connectivity index (χ4v) is 2.43. The number of rotatable bonds is 3. The largest absolute Gasteiger partial charge is 0.418 e. The molecule has 0 saturated heterocycles. The number of halogens is 6. The molecule has 0 heterocycles. The van der Waals surface area contributed by atoms with Crippen molar-refractivity contribution in [1.29, 1.82) is 0 Å². The number of alkyl halides is 3. The monoisotopic (exact) mass is 381 g/mol. The highest BCUT2D eigenvalue weighted by Crippen LogP contribution is 2.38. The lowest BCUT2D eigenvalue weighted by Gasteiger charge is -2.16. The third-order valence-corrected chi connectivity index (χ3v) is 3.87. The number of benzene rings is 2. The van der Waals surface area contributed by atoms with Gasteiger partial charge in [-0.1, -0.05) is 33.6 Å². The maximum absolute atomic E-state index is 13.2. The van der Waals surface area contributed by atoms with E-state index in [0.717, 1.165) is 6.07 Å². The molecule has 2 aromatic carbocycles. The van der Waals surface area contributed by atoms with E-state index in [1.165, 1.54) is 30.3 Å². The molecule has 1 N–H and O–H groups in total. The van der Waals surface area contributed by atoms with Gasteiger partial charge in [0, 0.05) is 11.0 Å². The number of para-hydroxylation sites is 1. The van der Waals surface area contributed by atoms with E-state index >= 15 is 0 Å². The molecular weight excluding hydrogens is 374 g/mol. The Hall–Kier alpha value is -1.27. The summed E-state index contributed by atoms with van der Waals surface area (Å²) in [4.78, 5) is 0. The van der Waals surface area contributed by atoms with E-state index in [9.17, 15) is 17.6 Å². The van der Waals surface area contributed by atoms with Gasteiger partial charge in [0.25, 0.3) is 0 Å². The molecule has 0 spiro atoms. The Balaban J connectivity index is 2.30. The van der Waals surface area contributed by atoms with Crippen LogP contribution >= 0.6 is 27.5 Å². The van der Waals surface area contributed by atoms with Gasteiger partial charge in [0.1, 0.15) is 5.82 Å². The summed E-state index contributed by atoms with van der Waals surface area (Å²) in [6.07, 6.45) is -4.52. The van der Waals surface area contributed by atoms with Gasteiger partial charge in [-0.15, -0.1) is 0 Å². The fraction of sp³-hybridized carbons (Fsp3) is 0.143. The molecular formula is C14H9BrClF4N. The van der Waals surface area contributed by atoms with Crippen LogP contribution in [0.5, 0.6) is 0 Å². The van der Waals surface area contributed by atoms with Crippen LogP contribution in [0.3, 0.4) is 0 Å². The van der Waals surface area contributed by atoms with Crippen molar-refractivity contribution in [2.75, 3.05) is 5.32 Å². The first-order chi connectivity index (χ1) is 9.79. The third kappa shape index (κ3) is 3.89. The van der Waals surface area contributed by atoms with E-state index in [2.05, 4.69) is 21.2 Å². The molecule has 7 heteroatoms. The highest BCUT2D eigenvalue weighted by atomic mass is 79.9. The second-order valence-electron chi connectivity index (χ2n) is 4.25. The molecule has 0 bridgehead atoms. The number of anilines is 1. The van der Waals surface area contributed by atoms with E-state index in [0.29, 0.717) is 10.0 Å². The summed E-state index contributed by atoms with van der Waals surface area (Å²) < 4.78 is 52.5. The first-order valence-electron chi connectivity index (χ1n) is 5.82. The number of hydrogen-bond donors (Lipinski definition) is 1. The molecule has 2 rings (SSSR count). The standard InChI is InChI=1S/C14H9BrClF4N/c15-11-5-4-9(17)6-8(11)7-21-13-10(14(18,19)20)2-1-3-12(13)16/h1-6,21H,7H2. The normalized spacial score (nSPS) is 11.5. The van der Waals surface area contributed by atoms with Crippen LogP contribution in [-0.2, 0) is 12.7 Å². The van der Waals surface area contributed by atoms with Gasteiger partial charge in [0.15, 0.2) is 0 Å². The van der Waals surface area contributed by atoms with E-state index in [-0.39, 0.29) is 17.3 Å². The first-order valence-corrected chi connectivity index (χ1v) is 6.99. The van der Waals surface area contributed by atoms with Crippen LogP contribution in [0.15, 0.2) is 40.9 Å². The lowest BCUT2D eigenvalue weighted by molar-refractivity contribution is -0.136. The van der Waals surface area contributed by atoms with Gasteiger partial charge in [-0.25, -0.2) is 4.39 Å². The van der Waals surface area contributed by atoms with Crippen LogP contribution in [0, 0.1) is 5.82 Å². The van der Waals surface area contributed by atoms with Crippen LogP contribution in [0.4, 0.5) is 23.2 Å². The van der Waals surface area contributed by atoms with Gasteiger partial charge in [0.05, 0.1) is 16.3 Å². The topological polar surface area (TPSA) is 12.0 Å². The quantitative estimate of drug-likeness (QED) is 0.654. The van der Waals surface area contributed by atoms with Crippen molar-refractivity contribution in [2.45, 2.75) is 12.7 Å². The van der Waals surface area contributed by atoms with Gasteiger partial charge in [-0.05, 0) is 35.9 Å². The summed E-state index contributed by atoms with van der Waals surface area (Å²) >= 11 is 9.04. The molecule has 0 saturated carbocycles. The molecule has 0 amide bonds. The molecule has 0 aliphatic heterocycles. The van der Waals surface area contributed by atoms with Crippen molar-refractivity contribution >= 4 is 33.2 Å². The van der Waals surface area contributed by atoms with Crippen molar-refractivity contribution in [1.82, 2.24) is 0 Å². The molecule has 1 nitrogen and oxygen atoms in total. The van der Waals surface area contributed by atoms with E-state index in [1.54, 1.807) is 0 Å². The number of hydrogen-bond acceptors (Lipinski definition) is 1. The molecule has 0 unspecified atom stereocenters. The molecule has 0 radical (unpaired) electrons. The van der Waals surface area contributed by atoms with Crippen molar-refractivity contribution in [3.63, 3.8) is 0 Å². The average molecular weight is 383 g/mol. The van der Waals surface area contributed by atoms with Gasteiger partial charge in [0.2, 0.25) is 0 Å². The van der Waals surface area contributed by atoms with Crippen molar-refractivity contribution in [3.05, 3.63) is 62.8 Å². The molecule has 21 heavy (non-hydrogen) atoms. The van der Waals surface area contributed by atoms with E-state index in [1.807, 2.05) is 0 Å². The molecule has 0 fully saturated rings. The summed E-state index contributed by atoms with van der Waals surface area (Å²) in [6, 6.07) is 7.51. The van der Waals surface area contributed by atoms with Gasteiger partial charge < -0.3 is 5.32 Å². The summed E-state index contributed by atoms with van der Waals surface area (Å²) in [5.74, 6) is -0.467. The third-order valence-electron chi connectivity index (χ3n) is 2.78. The fourth-order valence-electron chi connectivity index (χ4n) is 1.80. The van der Waals surface area contributed by atoms with Crippen LogP contribution in [-0.4, -0.2) is 0 Å². The maximum atomic E-state index is 13.2. The molecule has 112 valence electrons. The highest BCUT2D eigenvalue weighted by Gasteiger charge is 2.34. The maximum Gasteiger partial charge on any atom is 0.418 e. The second kappa shape index (κ2) is 6.23. The van der Waals surface area contributed by atoms with Crippen molar-refractivity contribution < 1.29 is 17.6 Å². The van der Waals surface area contributed by atoms with Crippen molar-refractivity contribution in [3.8, 4) is 0 Å². The molecule has 0 aliphatic rings. The van der Waals surface area contributed by atoms with E-state index in [4.69, 9.17) is 11.6 Å². The second-order valence-corrected chi connectivity index (χ2v) is 5.51. The summed E-state index contributed by atoms with van der Waals surface area (Å²) in [6.45, 7) is 0.00512. The molecule has 0 atom stereocenters. The zero-order valence-electron chi connectivity index (χ0n) is 10.4. The Morgan fingerprint density at radius 3 is 2.52 bits per heavy atom. The van der Waals surface area contributed by atoms with Crippen LogP contribution in [0.2, 0.25) is 5.02 Å². The minimum Gasteiger partial charge on any atom is -0.379 e.